The number of thioether (sulfide) groups is 1. The fourth-order valence-corrected chi connectivity index (χ4v) is 2.69. The Kier molecular flexibility index (Phi) is 3.63. The molecule has 0 saturated heterocycles. The lowest BCUT2D eigenvalue weighted by molar-refractivity contribution is 0.0691. The molecule has 0 aliphatic carbocycles. The quantitative estimate of drug-likeness (QED) is 0.805. The Morgan fingerprint density at radius 2 is 1.94 bits per heavy atom. The molecule has 0 amide bonds. The molecule has 1 heterocycles. The zero-order chi connectivity index (χ0) is 12.5. The first kappa shape index (κ1) is 13.0. The number of hydrogen-bond acceptors (Lipinski definition) is 3. The van der Waals surface area contributed by atoms with Crippen molar-refractivity contribution in [1.29, 1.82) is 0 Å². The molecule has 4 heteroatoms. The molecule has 1 aromatic rings. The molecule has 0 aliphatic heterocycles. The zero-order valence-corrected chi connectivity index (χ0v) is 11.1. The summed E-state index contributed by atoms with van der Waals surface area (Å²) in [6, 6.07) is 1.84. The van der Waals surface area contributed by atoms with Crippen molar-refractivity contribution in [3.05, 3.63) is 23.0 Å². The van der Waals surface area contributed by atoms with Gasteiger partial charge in [-0.25, -0.2) is 4.79 Å². The molecule has 16 heavy (non-hydrogen) atoms. The smallest absolute Gasteiger partial charge is 0.338 e. The van der Waals surface area contributed by atoms with Crippen LogP contribution in [0.25, 0.3) is 0 Å². The number of carboxylic acids is 1. The summed E-state index contributed by atoms with van der Waals surface area (Å²) in [5, 5.41) is 9.18. The summed E-state index contributed by atoms with van der Waals surface area (Å²) in [4.78, 5) is 16.2. The van der Waals surface area contributed by atoms with Gasteiger partial charge in [0, 0.05) is 15.3 Å². The SMILES string of the molecule is Cc1cc(SC(C)(C)C)c(C(=O)O)c(C)n1. The van der Waals surface area contributed by atoms with E-state index in [2.05, 4.69) is 25.8 Å². The summed E-state index contributed by atoms with van der Waals surface area (Å²) in [5.41, 5.74) is 1.76. The largest absolute Gasteiger partial charge is 0.478 e. The highest BCUT2D eigenvalue weighted by atomic mass is 32.2. The van der Waals surface area contributed by atoms with Crippen LogP contribution in [-0.2, 0) is 0 Å². The van der Waals surface area contributed by atoms with E-state index in [0.717, 1.165) is 10.6 Å². The van der Waals surface area contributed by atoms with Crippen LogP contribution in [0.3, 0.4) is 0 Å². The first-order valence-corrected chi connectivity index (χ1v) is 5.93. The lowest BCUT2D eigenvalue weighted by atomic mass is 10.2. The topological polar surface area (TPSA) is 50.2 Å². The minimum Gasteiger partial charge on any atom is -0.478 e. The molecule has 88 valence electrons. The Morgan fingerprint density at radius 3 is 2.38 bits per heavy atom. The maximum atomic E-state index is 11.2. The third-order valence-corrected chi connectivity index (χ3v) is 3.08. The lowest BCUT2D eigenvalue weighted by Gasteiger charge is -2.19. The van der Waals surface area contributed by atoms with Crippen LogP contribution < -0.4 is 0 Å². The van der Waals surface area contributed by atoms with Crippen molar-refractivity contribution in [3.63, 3.8) is 0 Å². The van der Waals surface area contributed by atoms with Crippen molar-refractivity contribution in [3.8, 4) is 0 Å². The van der Waals surface area contributed by atoms with Gasteiger partial charge in [0.2, 0.25) is 0 Å². The number of carbonyl (C=O) groups is 1. The maximum absolute atomic E-state index is 11.2. The highest BCUT2D eigenvalue weighted by Gasteiger charge is 2.20. The molecular weight excluding hydrogens is 222 g/mol. The normalized spacial score (nSPS) is 11.6. The van der Waals surface area contributed by atoms with Gasteiger partial charge >= 0.3 is 5.97 Å². The van der Waals surface area contributed by atoms with Crippen LogP contribution >= 0.6 is 11.8 Å². The van der Waals surface area contributed by atoms with Gasteiger partial charge in [0.05, 0.1) is 11.3 Å². The Hall–Kier alpha value is -1.03. The van der Waals surface area contributed by atoms with E-state index in [4.69, 9.17) is 0 Å². The van der Waals surface area contributed by atoms with Gasteiger partial charge < -0.3 is 5.11 Å². The molecule has 0 aromatic carbocycles. The molecular formula is C12H17NO2S. The first-order chi connectivity index (χ1) is 7.20. The molecule has 0 atom stereocenters. The highest BCUT2D eigenvalue weighted by Crippen LogP contribution is 2.35. The van der Waals surface area contributed by atoms with Crippen LogP contribution in [0.1, 0.15) is 42.5 Å². The van der Waals surface area contributed by atoms with Gasteiger partial charge in [-0.2, -0.15) is 0 Å². The van der Waals surface area contributed by atoms with Crippen molar-refractivity contribution in [2.24, 2.45) is 0 Å². The van der Waals surface area contributed by atoms with Crippen LogP contribution in [0.5, 0.6) is 0 Å². The molecule has 1 N–H and O–H groups in total. The fraction of sp³-hybridized carbons (Fsp3) is 0.500. The van der Waals surface area contributed by atoms with Crippen molar-refractivity contribution in [1.82, 2.24) is 4.98 Å². The zero-order valence-electron chi connectivity index (χ0n) is 10.3. The molecule has 0 radical (unpaired) electrons. The summed E-state index contributed by atoms with van der Waals surface area (Å²) in [6.07, 6.45) is 0. The van der Waals surface area contributed by atoms with Gasteiger partial charge in [0.25, 0.3) is 0 Å². The predicted molar refractivity (Wildman–Crippen MR) is 66.3 cm³/mol. The first-order valence-electron chi connectivity index (χ1n) is 5.11. The van der Waals surface area contributed by atoms with Gasteiger partial charge in [-0.05, 0) is 19.9 Å². The van der Waals surface area contributed by atoms with Crippen LogP contribution in [0.15, 0.2) is 11.0 Å². The molecule has 0 bridgehead atoms. The van der Waals surface area contributed by atoms with Crippen LogP contribution in [0, 0.1) is 13.8 Å². The van der Waals surface area contributed by atoms with E-state index in [1.54, 1.807) is 18.7 Å². The van der Waals surface area contributed by atoms with E-state index in [9.17, 15) is 9.90 Å². The van der Waals surface area contributed by atoms with Gasteiger partial charge in [0.15, 0.2) is 0 Å². The Labute approximate surface area is 100 Å². The lowest BCUT2D eigenvalue weighted by Crippen LogP contribution is -2.11. The average Bonchev–Trinajstić information content (AvgIpc) is 1.96. The second-order valence-corrected chi connectivity index (χ2v) is 6.61. The third kappa shape index (κ3) is 3.23. The summed E-state index contributed by atoms with van der Waals surface area (Å²) < 4.78 is -0.00949. The second kappa shape index (κ2) is 4.45. The molecule has 0 fully saturated rings. The number of pyridine rings is 1. The van der Waals surface area contributed by atoms with E-state index >= 15 is 0 Å². The van der Waals surface area contributed by atoms with E-state index in [0.29, 0.717) is 11.3 Å². The highest BCUT2D eigenvalue weighted by molar-refractivity contribution is 8.00. The summed E-state index contributed by atoms with van der Waals surface area (Å²) >= 11 is 1.56. The Bertz CT molecular complexity index is 422. The number of aromatic nitrogens is 1. The number of nitrogens with zero attached hydrogens (tertiary/aromatic N) is 1. The number of aryl methyl sites for hydroxylation is 2. The van der Waals surface area contributed by atoms with Gasteiger partial charge in [0.1, 0.15) is 0 Å². The van der Waals surface area contributed by atoms with Crippen LogP contribution in [-0.4, -0.2) is 20.8 Å². The Morgan fingerprint density at radius 1 is 1.38 bits per heavy atom. The van der Waals surface area contributed by atoms with Crippen molar-refractivity contribution >= 4 is 17.7 Å². The summed E-state index contributed by atoms with van der Waals surface area (Å²) in [5.74, 6) is -0.906. The molecule has 1 rings (SSSR count). The Balaban J connectivity index is 3.30. The molecule has 3 nitrogen and oxygen atoms in total. The number of hydrogen-bond donors (Lipinski definition) is 1. The molecule has 0 unspecified atom stereocenters. The molecule has 1 aromatic heterocycles. The number of rotatable bonds is 2. The van der Waals surface area contributed by atoms with E-state index in [-0.39, 0.29) is 4.75 Å². The predicted octanol–water partition coefficient (Wildman–Crippen LogP) is 3.29. The molecule has 0 spiro atoms. The number of aromatic carboxylic acids is 1. The standard InChI is InChI=1S/C12H17NO2S/c1-7-6-9(16-12(3,4)5)10(11(14)15)8(2)13-7/h6H,1-5H3,(H,14,15). The van der Waals surface area contributed by atoms with E-state index in [1.807, 2.05) is 13.0 Å². The van der Waals surface area contributed by atoms with Crippen molar-refractivity contribution < 1.29 is 9.90 Å². The van der Waals surface area contributed by atoms with Crippen molar-refractivity contribution in [2.45, 2.75) is 44.3 Å². The van der Waals surface area contributed by atoms with Gasteiger partial charge in [-0.3, -0.25) is 4.98 Å². The third-order valence-electron chi connectivity index (χ3n) is 1.92. The van der Waals surface area contributed by atoms with Gasteiger partial charge in [-0.15, -0.1) is 11.8 Å². The number of carboxylic acid groups (broad SMARTS) is 1. The average molecular weight is 239 g/mol. The van der Waals surface area contributed by atoms with Crippen molar-refractivity contribution in [2.75, 3.05) is 0 Å². The van der Waals surface area contributed by atoms with Gasteiger partial charge in [-0.1, -0.05) is 20.8 Å². The minimum absolute atomic E-state index is 0.00949. The minimum atomic E-state index is -0.906. The molecule has 0 saturated carbocycles. The monoisotopic (exact) mass is 239 g/mol. The van der Waals surface area contributed by atoms with Crippen LogP contribution in [0.4, 0.5) is 0 Å². The van der Waals surface area contributed by atoms with E-state index < -0.39 is 5.97 Å². The van der Waals surface area contributed by atoms with E-state index in [1.165, 1.54) is 0 Å². The van der Waals surface area contributed by atoms with Crippen LogP contribution in [0.2, 0.25) is 0 Å². The summed E-state index contributed by atoms with van der Waals surface area (Å²) in [7, 11) is 0. The summed E-state index contributed by atoms with van der Waals surface area (Å²) in [6.45, 7) is 9.81. The second-order valence-electron chi connectivity index (χ2n) is 4.74. The maximum Gasteiger partial charge on any atom is 0.338 e. The molecule has 0 aliphatic rings. The fourth-order valence-electron chi connectivity index (χ4n) is 1.46.